The second-order valence-electron chi connectivity index (χ2n) is 4.45. The van der Waals surface area contributed by atoms with Crippen LogP contribution >= 0.6 is 0 Å². The van der Waals surface area contributed by atoms with Crippen molar-refractivity contribution in [3.05, 3.63) is 59.8 Å². The van der Waals surface area contributed by atoms with Gasteiger partial charge in [0.1, 0.15) is 5.76 Å². The third kappa shape index (κ3) is 2.81. The van der Waals surface area contributed by atoms with Gasteiger partial charge in [0, 0.05) is 5.56 Å². The number of hydrogen-bond donors (Lipinski definition) is 1. The van der Waals surface area contributed by atoms with Crippen LogP contribution < -0.4 is 5.32 Å². The van der Waals surface area contributed by atoms with Crippen molar-refractivity contribution in [3.8, 4) is 5.69 Å². The Hall–Kier alpha value is -2.96. The van der Waals surface area contributed by atoms with Gasteiger partial charge in [-0.1, -0.05) is 6.07 Å². The molecule has 0 aliphatic carbocycles. The number of benzene rings is 1. The molecule has 7 heteroatoms. The highest BCUT2D eigenvalue weighted by Gasteiger charge is 2.09. The highest BCUT2D eigenvalue weighted by Crippen LogP contribution is 2.11. The van der Waals surface area contributed by atoms with Crippen molar-refractivity contribution in [2.24, 2.45) is 0 Å². The maximum absolute atomic E-state index is 12.1. The smallest absolute Gasteiger partial charge is 0.251 e. The van der Waals surface area contributed by atoms with Crippen LogP contribution in [0.1, 0.15) is 21.9 Å². The molecular formula is C14H13N5O2. The fourth-order valence-electron chi connectivity index (χ4n) is 1.93. The van der Waals surface area contributed by atoms with E-state index >= 15 is 0 Å². The molecule has 106 valence electrons. The van der Waals surface area contributed by atoms with Gasteiger partial charge in [0.25, 0.3) is 5.91 Å². The summed E-state index contributed by atoms with van der Waals surface area (Å²) in [4.78, 5) is 12.1. The molecule has 1 N–H and O–H groups in total. The van der Waals surface area contributed by atoms with Crippen molar-refractivity contribution >= 4 is 5.91 Å². The van der Waals surface area contributed by atoms with Crippen molar-refractivity contribution in [1.82, 2.24) is 25.5 Å². The van der Waals surface area contributed by atoms with E-state index in [4.69, 9.17) is 4.42 Å². The molecule has 0 radical (unpaired) electrons. The van der Waals surface area contributed by atoms with E-state index in [-0.39, 0.29) is 5.91 Å². The minimum atomic E-state index is -0.182. The van der Waals surface area contributed by atoms with Gasteiger partial charge in [-0.25, -0.2) is 0 Å². The Labute approximate surface area is 120 Å². The summed E-state index contributed by atoms with van der Waals surface area (Å²) in [6.07, 6.45) is 1.57. The Morgan fingerprint density at radius 2 is 2.24 bits per heavy atom. The van der Waals surface area contributed by atoms with E-state index in [1.807, 2.05) is 6.07 Å². The zero-order valence-corrected chi connectivity index (χ0v) is 11.4. The first-order valence-electron chi connectivity index (χ1n) is 6.40. The van der Waals surface area contributed by atoms with Crippen LogP contribution in [0.5, 0.6) is 0 Å². The number of carbonyl (C=O) groups excluding carboxylic acids is 1. The predicted molar refractivity (Wildman–Crippen MR) is 73.8 cm³/mol. The van der Waals surface area contributed by atoms with E-state index in [1.165, 1.54) is 0 Å². The van der Waals surface area contributed by atoms with Gasteiger partial charge >= 0.3 is 0 Å². The van der Waals surface area contributed by atoms with Crippen LogP contribution in [-0.4, -0.2) is 26.1 Å². The monoisotopic (exact) mass is 283 g/mol. The molecule has 1 aromatic carbocycles. The largest absolute Gasteiger partial charge is 0.467 e. The summed E-state index contributed by atoms with van der Waals surface area (Å²) >= 11 is 0. The number of carbonyl (C=O) groups is 1. The van der Waals surface area contributed by atoms with E-state index in [9.17, 15) is 4.79 Å². The third-order valence-electron chi connectivity index (χ3n) is 2.98. The van der Waals surface area contributed by atoms with Crippen LogP contribution in [0, 0.1) is 6.92 Å². The molecule has 0 bridgehead atoms. The lowest BCUT2D eigenvalue weighted by Crippen LogP contribution is -2.22. The molecular weight excluding hydrogens is 270 g/mol. The average Bonchev–Trinajstić information content (AvgIpc) is 3.16. The maximum atomic E-state index is 12.1. The van der Waals surface area contributed by atoms with Gasteiger partial charge in [0.2, 0.25) is 0 Å². The summed E-state index contributed by atoms with van der Waals surface area (Å²) in [6, 6.07) is 10.7. The van der Waals surface area contributed by atoms with Crippen molar-refractivity contribution in [2.75, 3.05) is 0 Å². The van der Waals surface area contributed by atoms with Gasteiger partial charge in [0.05, 0.1) is 18.5 Å². The van der Waals surface area contributed by atoms with Gasteiger partial charge in [-0.05, 0) is 47.7 Å². The molecule has 0 unspecified atom stereocenters. The van der Waals surface area contributed by atoms with Crippen LogP contribution in [0.3, 0.4) is 0 Å². The maximum Gasteiger partial charge on any atom is 0.251 e. The molecule has 0 fully saturated rings. The number of rotatable bonds is 4. The zero-order chi connectivity index (χ0) is 14.7. The van der Waals surface area contributed by atoms with E-state index in [1.54, 1.807) is 48.2 Å². The van der Waals surface area contributed by atoms with Crippen molar-refractivity contribution in [3.63, 3.8) is 0 Å². The van der Waals surface area contributed by atoms with Gasteiger partial charge in [-0.2, -0.15) is 4.68 Å². The van der Waals surface area contributed by atoms with Crippen LogP contribution in [0.2, 0.25) is 0 Å². The van der Waals surface area contributed by atoms with Gasteiger partial charge in [0.15, 0.2) is 5.82 Å². The Bertz CT molecular complexity index is 748. The van der Waals surface area contributed by atoms with E-state index in [0.29, 0.717) is 23.7 Å². The molecule has 0 aliphatic heterocycles. The second-order valence-corrected chi connectivity index (χ2v) is 4.45. The number of furan rings is 1. The lowest BCUT2D eigenvalue weighted by atomic mass is 10.2. The highest BCUT2D eigenvalue weighted by atomic mass is 16.3. The Morgan fingerprint density at radius 1 is 1.33 bits per heavy atom. The van der Waals surface area contributed by atoms with Crippen LogP contribution in [0.4, 0.5) is 0 Å². The minimum absolute atomic E-state index is 0.182. The van der Waals surface area contributed by atoms with Gasteiger partial charge in [-0.15, -0.1) is 5.10 Å². The fraction of sp³-hybridized carbons (Fsp3) is 0.143. The lowest BCUT2D eigenvalue weighted by molar-refractivity contribution is 0.0948. The topological polar surface area (TPSA) is 85.8 Å². The summed E-state index contributed by atoms with van der Waals surface area (Å²) in [6.45, 7) is 2.14. The van der Waals surface area contributed by atoms with Crippen LogP contribution in [0.25, 0.3) is 5.69 Å². The molecule has 7 nitrogen and oxygen atoms in total. The third-order valence-corrected chi connectivity index (χ3v) is 2.98. The van der Waals surface area contributed by atoms with E-state index in [0.717, 1.165) is 5.69 Å². The SMILES string of the molecule is Cc1nnnn1-c1cccc(C(=O)NCc2ccco2)c1. The summed E-state index contributed by atoms with van der Waals surface area (Å²) in [5, 5.41) is 14.1. The molecule has 3 aromatic rings. The first-order chi connectivity index (χ1) is 10.2. The zero-order valence-electron chi connectivity index (χ0n) is 11.4. The second kappa shape index (κ2) is 5.58. The summed E-state index contributed by atoms with van der Waals surface area (Å²) in [5.41, 5.74) is 1.28. The molecule has 0 aliphatic rings. The molecule has 2 heterocycles. The minimum Gasteiger partial charge on any atom is -0.467 e. The Balaban J connectivity index is 1.76. The molecule has 0 saturated heterocycles. The highest BCUT2D eigenvalue weighted by molar-refractivity contribution is 5.94. The first kappa shape index (κ1) is 13.0. The van der Waals surface area contributed by atoms with E-state index < -0.39 is 0 Å². The standard InChI is InChI=1S/C14H13N5O2/c1-10-16-17-18-19(10)12-5-2-4-11(8-12)14(20)15-9-13-6-3-7-21-13/h2-8H,9H2,1H3,(H,15,20). The summed E-state index contributed by atoms with van der Waals surface area (Å²) in [7, 11) is 0. The van der Waals surface area contributed by atoms with E-state index in [2.05, 4.69) is 20.8 Å². The van der Waals surface area contributed by atoms with Crippen LogP contribution in [0.15, 0.2) is 47.1 Å². The Kier molecular flexibility index (Phi) is 3.46. The van der Waals surface area contributed by atoms with Crippen LogP contribution in [-0.2, 0) is 6.54 Å². The quantitative estimate of drug-likeness (QED) is 0.784. The number of nitrogens with zero attached hydrogens (tertiary/aromatic N) is 4. The number of aromatic nitrogens is 4. The number of amides is 1. The Morgan fingerprint density at radius 3 is 2.95 bits per heavy atom. The van der Waals surface area contributed by atoms with Crippen molar-refractivity contribution in [1.29, 1.82) is 0 Å². The molecule has 2 aromatic heterocycles. The molecule has 0 spiro atoms. The lowest BCUT2D eigenvalue weighted by Gasteiger charge is -2.06. The number of hydrogen-bond acceptors (Lipinski definition) is 5. The van der Waals surface area contributed by atoms with Crippen molar-refractivity contribution < 1.29 is 9.21 Å². The van der Waals surface area contributed by atoms with Gasteiger partial charge in [-0.3, -0.25) is 4.79 Å². The van der Waals surface area contributed by atoms with Gasteiger partial charge < -0.3 is 9.73 Å². The number of nitrogens with one attached hydrogen (secondary N) is 1. The molecule has 0 atom stereocenters. The normalized spacial score (nSPS) is 10.5. The first-order valence-corrected chi connectivity index (χ1v) is 6.40. The number of aryl methyl sites for hydroxylation is 1. The molecule has 21 heavy (non-hydrogen) atoms. The summed E-state index contributed by atoms with van der Waals surface area (Å²) < 4.78 is 6.75. The molecule has 3 rings (SSSR count). The molecule has 1 amide bonds. The fourth-order valence-corrected chi connectivity index (χ4v) is 1.93. The average molecular weight is 283 g/mol. The summed E-state index contributed by atoms with van der Waals surface area (Å²) in [5.74, 6) is 1.18. The van der Waals surface area contributed by atoms with Crippen molar-refractivity contribution in [2.45, 2.75) is 13.5 Å². The number of tetrazole rings is 1. The molecule has 0 saturated carbocycles. The predicted octanol–water partition coefficient (Wildman–Crippen LogP) is 1.49.